The molecule has 1 heterocycles. The summed E-state index contributed by atoms with van der Waals surface area (Å²) in [7, 11) is 0. The predicted molar refractivity (Wildman–Crippen MR) is 54.5 cm³/mol. The van der Waals surface area contributed by atoms with Crippen molar-refractivity contribution in [2.45, 2.75) is 12.0 Å². The predicted octanol–water partition coefficient (Wildman–Crippen LogP) is 1.84. The van der Waals surface area contributed by atoms with Crippen LogP contribution in [0.1, 0.15) is 11.5 Å². The van der Waals surface area contributed by atoms with Gasteiger partial charge in [-0.2, -0.15) is 11.8 Å². The SMILES string of the molecule is NC1CSCC1c1ccccc1. The van der Waals surface area contributed by atoms with Crippen molar-refractivity contribution in [2.75, 3.05) is 11.5 Å². The maximum atomic E-state index is 5.99. The third-order valence-electron chi connectivity index (χ3n) is 2.35. The number of hydrogen-bond donors (Lipinski definition) is 1. The van der Waals surface area contributed by atoms with Gasteiger partial charge >= 0.3 is 0 Å². The lowest BCUT2D eigenvalue weighted by molar-refractivity contribution is 0.653. The van der Waals surface area contributed by atoms with Gasteiger partial charge in [-0.05, 0) is 5.56 Å². The molecule has 0 saturated carbocycles. The van der Waals surface area contributed by atoms with Gasteiger partial charge in [0, 0.05) is 23.5 Å². The Labute approximate surface area is 77.3 Å². The smallest absolute Gasteiger partial charge is 0.0207 e. The van der Waals surface area contributed by atoms with Gasteiger partial charge in [-0.1, -0.05) is 30.3 Å². The summed E-state index contributed by atoms with van der Waals surface area (Å²) in [6, 6.07) is 10.9. The van der Waals surface area contributed by atoms with Crippen LogP contribution in [0.15, 0.2) is 30.3 Å². The van der Waals surface area contributed by atoms with Gasteiger partial charge in [0.1, 0.15) is 0 Å². The second kappa shape index (κ2) is 3.50. The number of nitrogens with two attached hydrogens (primary N) is 1. The molecule has 0 amide bonds. The maximum Gasteiger partial charge on any atom is 0.0207 e. The summed E-state index contributed by atoms with van der Waals surface area (Å²) < 4.78 is 0. The fraction of sp³-hybridized carbons (Fsp3) is 0.400. The van der Waals surface area contributed by atoms with E-state index in [0.717, 1.165) is 5.75 Å². The summed E-state index contributed by atoms with van der Waals surface area (Å²) in [5, 5.41) is 0. The van der Waals surface area contributed by atoms with Gasteiger partial charge in [0.25, 0.3) is 0 Å². The highest BCUT2D eigenvalue weighted by Crippen LogP contribution is 2.31. The van der Waals surface area contributed by atoms with Crippen molar-refractivity contribution < 1.29 is 0 Å². The van der Waals surface area contributed by atoms with Gasteiger partial charge < -0.3 is 5.73 Å². The molecule has 1 fully saturated rings. The van der Waals surface area contributed by atoms with E-state index in [0.29, 0.717) is 12.0 Å². The quantitative estimate of drug-likeness (QED) is 0.712. The van der Waals surface area contributed by atoms with E-state index < -0.39 is 0 Å². The molecule has 2 N–H and O–H groups in total. The van der Waals surface area contributed by atoms with Gasteiger partial charge in [-0.25, -0.2) is 0 Å². The normalized spacial score (nSPS) is 29.1. The fourth-order valence-electron chi connectivity index (χ4n) is 1.61. The lowest BCUT2D eigenvalue weighted by Crippen LogP contribution is -2.26. The summed E-state index contributed by atoms with van der Waals surface area (Å²) in [6.45, 7) is 0. The van der Waals surface area contributed by atoms with Crippen molar-refractivity contribution in [1.29, 1.82) is 0 Å². The minimum atomic E-state index is 0.359. The van der Waals surface area contributed by atoms with E-state index in [9.17, 15) is 0 Å². The van der Waals surface area contributed by atoms with Gasteiger partial charge in [0.05, 0.1) is 0 Å². The Morgan fingerprint density at radius 1 is 1.17 bits per heavy atom. The first-order valence-corrected chi connectivity index (χ1v) is 5.41. The van der Waals surface area contributed by atoms with Crippen LogP contribution in [0.2, 0.25) is 0 Å². The Morgan fingerprint density at radius 2 is 1.92 bits per heavy atom. The number of thioether (sulfide) groups is 1. The van der Waals surface area contributed by atoms with Gasteiger partial charge in [-0.3, -0.25) is 0 Å². The molecule has 2 rings (SSSR count). The Hall–Kier alpha value is -0.470. The molecular weight excluding hydrogens is 166 g/mol. The highest BCUT2D eigenvalue weighted by atomic mass is 32.2. The van der Waals surface area contributed by atoms with E-state index in [1.807, 2.05) is 11.8 Å². The molecule has 0 spiro atoms. The van der Waals surface area contributed by atoms with E-state index >= 15 is 0 Å². The largest absolute Gasteiger partial charge is 0.326 e. The molecule has 0 aliphatic carbocycles. The van der Waals surface area contributed by atoms with E-state index in [4.69, 9.17) is 5.73 Å². The molecule has 64 valence electrons. The summed E-state index contributed by atoms with van der Waals surface area (Å²) in [4.78, 5) is 0. The Bertz CT molecular complexity index is 247. The van der Waals surface area contributed by atoms with Crippen LogP contribution in [-0.2, 0) is 0 Å². The minimum Gasteiger partial charge on any atom is -0.326 e. The molecule has 1 aliphatic rings. The summed E-state index contributed by atoms with van der Waals surface area (Å²) in [6.07, 6.45) is 0. The minimum absolute atomic E-state index is 0.359. The van der Waals surface area contributed by atoms with Crippen molar-refractivity contribution in [2.24, 2.45) is 5.73 Å². The first kappa shape index (κ1) is 8.14. The summed E-state index contributed by atoms with van der Waals surface area (Å²) in [5.41, 5.74) is 7.39. The van der Waals surface area contributed by atoms with E-state index in [2.05, 4.69) is 30.3 Å². The zero-order chi connectivity index (χ0) is 8.39. The molecule has 2 heteroatoms. The topological polar surface area (TPSA) is 26.0 Å². The van der Waals surface area contributed by atoms with Crippen LogP contribution in [0, 0.1) is 0 Å². The average Bonchev–Trinajstić information content (AvgIpc) is 2.53. The Kier molecular flexibility index (Phi) is 2.38. The van der Waals surface area contributed by atoms with Crippen molar-refractivity contribution in [3.63, 3.8) is 0 Å². The van der Waals surface area contributed by atoms with Crippen LogP contribution >= 0.6 is 11.8 Å². The van der Waals surface area contributed by atoms with Crippen molar-refractivity contribution in [1.82, 2.24) is 0 Å². The standard InChI is InChI=1S/C10H13NS/c11-10-7-12-6-9(10)8-4-2-1-3-5-8/h1-5,9-10H,6-7,11H2. The first-order valence-electron chi connectivity index (χ1n) is 4.26. The molecule has 12 heavy (non-hydrogen) atoms. The molecule has 1 aliphatic heterocycles. The fourth-order valence-corrected chi connectivity index (χ4v) is 2.95. The summed E-state index contributed by atoms with van der Waals surface area (Å²) in [5.74, 6) is 2.88. The van der Waals surface area contributed by atoms with Crippen LogP contribution in [0.4, 0.5) is 0 Å². The number of hydrogen-bond acceptors (Lipinski definition) is 2. The maximum absolute atomic E-state index is 5.99. The van der Waals surface area contributed by atoms with Crippen molar-refractivity contribution in [3.8, 4) is 0 Å². The molecule has 2 unspecified atom stereocenters. The van der Waals surface area contributed by atoms with Gasteiger partial charge in [0.2, 0.25) is 0 Å². The zero-order valence-corrected chi connectivity index (χ0v) is 7.76. The highest BCUT2D eigenvalue weighted by molar-refractivity contribution is 7.99. The number of rotatable bonds is 1. The van der Waals surface area contributed by atoms with Gasteiger partial charge in [0.15, 0.2) is 0 Å². The third-order valence-corrected chi connectivity index (χ3v) is 3.57. The zero-order valence-electron chi connectivity index (χ0n) is 6.94. The van der Waals surface area contributed by atoms with Crippen LogP contribution in [0.25, 0.3) is 0 Å². The number of benzene rings is 1. The Morgan fingerprint density at radius 3 is 2.50 bits per heavy atom. The lowest BCUT2D eigenvalue weighted by atomic mass is 9.95. The average molecular weight is 179 g/mol. The first-order chi connectivity index (χ1) is 5.88. The van der Waals surface area contributed by atoms with Crippen LogP contribution in [0.3, 0.4) is 0 Å². The van der Waals surface area contributed by atoms with E-state index in [1.165, 1.54) is 11.3 Å². The molecular formula is C10H13NS. The van der Waals surface area contributed by atoms with Crippen LogP contribution in [-0.4, -0.2) is 17.5 Å². The van der Waals surface area contributed by atoms with Crippen molar-refractivity contribution in [3.05, 3.63) is 35.9 Å². The lowest BCUT2D eigenvalue weighted by Gasteiger charge is -2.13. The second-order valence-electron chi connectivity index (χ2n) is 3.22. The van der Waals surface area contributed by atoms with Gasteiger partial charge in [-0.15, -0.1) is 0 Å². The van der Waals surface area contributed by atoms with E-state index in [1.54, 1.807) is 0 Å². The third kappa shape index (κ3) is 1.50. The Balaban J connectivity index is 2.19. The molecule has 1 aromatic rings. The van der Waals surface area contributed by atoms with Crippen molar-refractivity contribution >= 4 is 11.8 Å². The molecule has 0 aromatic heterocycles. The molecule has 1 nitrogen and oxygen atoms in total. The monoisotopic (exact) mass is 179 g/mol. The molecule has 0 radical (unpaired) electrons. The second-order valence-corrected chi connectivity index (χ2v) is 4.29. The highest BCUT2D eigenvalue weighted by Gasteiger charge is 2.25. The molecule has 0 bridgehead atoms. The van der Waals surface area contributed by atoms with E-state index in [-0.39, 0.29) is 0 Å². The van der Waals surface area contributed by atoms with Crippen LogP contribution < -0.4 is 5.73 Å². The molecule has 1 aromatic carbocycles. The van der Waals surface area contributed by atoms with Crippen LogP contribution in [0.5, 0.6) is 0 Å². The molecule has 2 atom stereocenters. The summed E-state index contributed by atoms with van der Waals surface area (Å²) >= 11 is 1.96. The molecule has 1 saturated heterocycles.